The molecule has 3 heteroatoms. The number of para-hydroxylation sites is 1. The summed E-state index contributed by atoms with van der Waals surface area (Å²) >= 11 is 0. The number of carbonyl (C=O) groups is 1. The van der Waals surface area contributed by atoms with Crippen molar-refractivity contribution in [3.8, 4) is 0 Å². The third-order valence-electron chi connectivity index (χ3n) is 2.89. The minimum Gasteiger partial charge on any atom is -0.481 e. The second-order valence-electron chi connectivity index (χ2n) is 3.96. The first-order valence-electron chi connectivity index (χ1n) is 5.30. The van der Waals surface area contributed by atoms with E-state index in [1.54, 1.807) is 0 Å². The smallest absolute Gasteiger partial charge is 0.308 e. The highest BCUT2D eigenvalue weighted by Crippen LogP contribution is 2.22. The summed E-state index contributed by atoms with van der Waals surface area (Å²) < 4.78 is 0. The molecule has 0 aliphatic carbocycles. The quantitative estimate of drug-likeness (QED) is 0.802. The van der Waals surface area contributed by atoms with E-state index in [2.05, 4.69) is 4.90 Å². The number of aliphatic carboxylic acids is 1. The molecule has 0 saturated carbocycles. The molecule has 1 aliphatic rings. The summed E-state index contributed by atoms with van der Waals surface area (Å²) in [5.41, 5.74) is 1.13. The van der Waals surface area contributed by atoms with Crippen molar-refractivity contribution in [1.29, 1.82) is 0 Å². The van der Waals surface area contributed by atoms with Gasteiger partial charge in [0, 0.05) is 18.8 Å². The van der Waals surface area contributed by atoms with E-state index in [-0.39, 0.29) is 5.92 Å². The first-order valence-corrected chi connectivity index (χ1v) is 5.30. The molecule has 2 rings (SSSR count). The van der Waals surface area contributed by atoms with Gasteiger partial charge in [0.2, 0.25) is 0 Å². The fourth-order valence-corrected chi connectivity index (χ4v) is 2.05. The summed E-state index contributed by atoms with van der Waals surface area (Å²) in [4.78, 5) is 13.1. The Morgan fingerprint density at radius 2 is 2.07 bits per heavy atom. The minimum absolute atomic E-state index is 0.209. The Kier molecular flexibility index (Phi) is 2.90. The molecule has 1 atom stereocenters. The zero-order valence-corrected chi connectivity index (χ0v) is 8.60. The van der Waals surface area contributed by atoms with Gasteiger partial charge in [0.05, 0.1) is 5.92 Å². The van der Waals surface area contributed by atoms with E-state index in [9.17, 15) is 4.79 Å². The molecule has 80 valence electrons. The Balaban J connectivity index is 2.08. The molecular weight excluding hydrogens is 190 g/mol. The van der Waals surface area contributed by atoms with Gasteiger partial charge >= 0.3 is 5.97 Å². The average molecular weight is 205 g/mol. The molecule has 1 aliphatic heterocycles. The zero-order chi connectivity index (χ0) is 10.7. The Morgan fingerprint density at radius 1 is 1.33 bits per heavy atom. The lowest BCUT2D eigenvalue weighted by Crippen LogP contribution is -2.38. The molecule has 0 bridgehead atoms. The lowest BCUT2D eigenvalue weighted by molar-refractivity contribution is -0.141. The average Bonchev–Trinajstić information content (AvgIpc) is 2.30. The van der Waals surface area contributed by atoms with Crippen molar-refractivity contribution < 1.29 is 9.90 Å². The van der Waals surface area contributed by atoms with E-state index in [4.69, 9.17) is 5.11 Å². The topological polar surface area (TPSA) is 40.5 Å². The van der Waals surface area contributed by atoms with Crippen molar-refractivity contribution in [2.24, 2.45) is 5.92 Å². The van der Waals surface area contributed by atoms with Crippen LogP contribution >= 0.6 is 0 Å². The van der Waals surface area contributed by atoms with E-state index in [1.807, 2.05) is 30.3 Å². The number of anilines is 1. The molecule has 15 heavy (non-hydrogen) atoms. The van der Waals surface area contributed by atoms with Gasteiger partial charge in [-0.2, -0.15) is 0 Å². The molecule has 1 heterocycles. The van der Waals surface area contributed by atoms with Gasteiger partial charge < -0.3 is 10.0 Å². The number of hydrogen-bond acceptors (Lipinski definition) is 2. The van der Waals surface area contributed by atoms with Gasteiger partial charge in [0.15, 0.2) is 0 Å². The van der Waals surface area contributed by atoms with E-state index < -0.39 is 5.97 Å². The van der Waals surface area contributed by atoms with Gasteiger partial charge in [-0.05, 0) is 25.0 Å². The normalized spacial score (nSPS) is 21.3. The molecule has 1 fully saturated rings. The second kappa shape index (κ2) is 4.34. The largest absolute Gasteiger partial charge is 0.481 e. The molecule has 0 radical (unpaired) electrons. The van der Waals surface area contributed by atoms with Crippen molar-refractivity contribution >= 4 is 11.7 Å². The van der Waals surface area contributed by atoms with Crippen LogP contribution in [0.15, 0.2) is 30.3 Å². The predicted octanol–water partition coefficient (Wildman–Crippen LogP) is 1.99. The highest BCUT2D eigenvalue weighted by molar-refractivity contribution is 5.71. The standard InChI is InChI=1S/C12H15NO2/c14-12(15)10-5-4-8-13(9-10)11-6-2-1-3-7-11/h1-3,6-7,10H,4-5,8-9H2,(H,14,15)/t10-/m1/s1. The Morgan fingerprint density at radius 3 is 2.73 bits per heavy atom. The van der Waals surface area contributed by atoms with Gasteiger partial charge in [-0.25, -0.2) is 0 Å². The predicted molar refractivity (Wildman–Crippen MR) is 59.0 cm³/mol. The summed E-state index contributed by atoms with van der Waals surface area (Å²) in [6.45, 7) is 1.60. The number of rotatable bonds is 2. The van der Waals surface area contributed by atoms with Crippen LogP contribution in [0.4, 0.5) is 5.69 Å². The summed E-state index contributed by atoms with van der Waals surface area (Å²) in [5.74, 6) is -0.880. The first-order chi connectivity index (χ1) is 7.27. The van der Waals surface area contributed by atoms with Gasteiger partial charge in [-0.15, -0.1) is 0 Å². The maximum atomic E-state index is 10.9. The van der Waals surface area contributed by atoms with E-state index in [1.165, 1.54) is 0 Å². The van der Waals surface area contributed by atoms with Gasteiger partial charge in [0.1, 0.15) is 0 Å². The minimum atomic E-state index is -0.671. The molecule has 1 aromatic rings. The summed E-state index contributed by atoms with van der Waals surface area (Å²) in [5, 5.41) is 8.98. The number of hydrogen-bond donors (Lipinski definition) is 1. The molecule has 1 saturated heterocycles. The fraction of sp³-hybridized carbons (Fsp3) is 0.417. The van der Waals surface area contributed by atoms with Gasteiger partial charge in [-0.3, -0.25) is 4.79 Å². The lowest BCUT2D eigenvalue weighted by Gasteiger charge is -2.32. The van der Waals surface area contributed by atoms with Crippen LogP contribution in [0, 0.1) is 5.92 Å². The highest BCUT2D eigenvalue weighted by atomic mass is 16.4. The van der Waals surface area contributed by atoms with Crippen LogP contribution in [0.2, 0.25) is 0 Å². The van der Waals surface area contributed by atoms with Crippen molar-refractivity contribution in [3.63, 3.8) is 0 Å². The van der Waals surface area contributed by atoms with Gasteiger partial charge in [0.25, 0.3) is 0 Å². The molecule has 0 aromatic heterocycles. The molecule has 1 aromatic carbocycles. The second-order valence-corrected chi connectivity index (χ2v) is 3.96. The third-order valence-corrected chi connectivity index (χ3v) is 2.89. The molecule has 0 amide bonds. The molecular formula is C12H15NO2. The Bertz CT molecular complexity index is 337. The van der Waals surface area contributed by atoms with E-state index in [0.717, 1.165) is 25.1 Å². The van der Waals surface area contributed by atoms with E-state index in [0.29, 0.717) is 6.54 Å². The SMILES string of the molecule is O=C(O)[C@@H]1CCCN(c2ccccc2)C1. The molecule has 1 N–H and O–H groups in total. The zero-order valence-electron chi connectivity index (χ0n) is 8.60. The van der Waals surface area contributed by atoms with Crippen LogP contribution in [0.3, 0.4) is 0 Å². The summed E-state index contributed by atoms with van der Waals surface area (Å²) in [6.07, 6.45) is 1.77. The van der Waals surface area contributed by atoms with E-state index >= 15 is 0 Å². The molecule has 3 nitrogen and oxygen atoms in total. The monoisotopic (exact) mass is 205 g/mol. The fourth-order valence-electron chi connectivity index (χ4n) is 2.05. The van der Waals surface area contributed by atoms with Crippen molar-refractivity contribution in [2.45, 2.75) is 12.8 Å². The number of carboxylic acids is 1. The maximum absolute atomic E-state index is 10.9. The number of carboxylic acid groups (broad SMARTS) is 1. The number of piperidine rings is 1. The van der Waals surface area contributed by atoms with Crippen molar-refractivity contribution in [2.75, 3.05) is 18.0 Å². The lowest BCUT2D eigenvalue weighted by atomic mass is 9.98. The maximum Gasteiger partial charge on any atom is 0.308 e. The third kappa shape index (κ3) is 2.29. The number of nitrogens with zero attached hydrogens (tertiary/aromatic N) is 1. The van der Waals surface area contributed by atoms with Crippen LogP contribution in [0.25, 0.3) is 0 Å². The van der Waals surface area contributed by atoms with Crippen LogP contribution in [0.1, 0.15) is 12.8 Å². The van der Waals surface area contributed by atoms with Crippen LogP contribution in [-0.2, 0) is 4.79 Å². The van der Waals surface area contributed by atoms with Crippen molar-refractivity contribution in [3.05, 3.63) is 30.3 Å². The Labute approximate surface area is 89.3 Å². The van der Waals surface area contributed by atoms with Crippen LogP contribution in [-0.4, -0.2) is 24.2 Å². The Hall–Kier alpha value is -1.51. The first kappa shape index (κ1) is 10.0. The van der Waals surface area contributed by atoms with Crippen molar-refractivity contribution in [1.82, 2.24) is 0 Å². The summed E-state index contributed by atoms with van der Waals surface area (Å²) in [7, 11) is 0. The molecule has 0 unspecified atom stereocenters. The summed E-state index contributed by atoms with van der Waals surface area (Å²) in [6, 6.07) is 10.0. The molecule has 0 spiro atoms. The number of benzene rings is 1. The van der Waals surface area contributed by atoms with Crippen LogP contribution in [0.5, 0.6) is 0 Å². The van der Waals surface area contributed by atoms with Crippen LogP contribution < -0.4 is 4.90 Å². The van der Waals surface area contributed by atoms with Gasteiger partial charge in [-0.1, -0.05) is 18.2 Å². The highest BCUT2D eigenvalue weighted by Gasteiger charge is 2.25.